The standard InChI is InChI=1S/C23H17N3O2S/c1-26-22-17(8-5-9-20(22)29-15-6-3-2-4-7-15)21(25-26)14-12-18-16(23(27)28)10-11-24-19(18)13-14/h2-11,13H,12H2,1H3,(H,27,28). The molecule has 6 heteroatoms. The van der Waals surface area contributed by atoms with Crippen LogP contribution < -0.4 is 0 Å². The minimum absolute atomic E-state index is 0.307. The molecule has 0 unspecified atom stereocenters. The van der Waals surface area contributed by atoms with Crippen molar-refractivity contribution in [2.75, 3.05) is 0 Å². The van der Waals surface area contributed by atoms with Crippen molar-refractivity contribution >= 4 is 40.3 Å². The van der Waals surface area contributed by atoms with Crippen LogP contribution in [0.1, 0.15) is 27.3 Å². The van der Waals surface area contributed by atoms with Gasteiger partial charge in [-0.3, -0.25) is 9.67 Å². The first kappa shape index (κ1) is 17.7. The van der Waals surface area contributed by atoms with Gasteiger partial charge >= 0.3 is 5.97 Å². The van der Waals surface area contributed by atoms with E-state index in [0.717, 1.165) is 32.6 Å². The van der Waals surface area contributed by atoms with Crippen LogP contribution in [-0.4, -0.2) is 25.8 Å². The Balaban J connectivity index is 1.59. The summed E-state index contributed by atoms with van der Waals surface area (Å²) in [7, 11) is 1.95. The Morgan fingerprint density at radius 2 is 1.93 bits per heavy atom. The van der Waals surface area contributed by atoms with Crippen molar-refractivity contribution in [1.29, 1.82) is 0 Å². The summed E-state index contributed by atoms with van der Waals surface area (Å²) in [5, 5.41) is 15.3. The molecule has 0 bridgehead atoms. The second kappa shape index (κ2) is 6.90. The molecule has 0 saturated heterocycles. The molecule has 0 aliphatic heterocycles. The average molecular weight is 399 g/mol. The molecule has 1 aliphatic carbocycles. The minimum atomic E-state index is -0.925. The van der Waals surface area contributed by atoms with E-state index >= 15 is 0 Å². The molecular formula is C23H17N3O2S. The van der Waals surface area contributed by atoms with Crippen molar-refractivity contribution in [3.8, 4) is 0 Å². The van der Waals surface area contributed by atoms with Crippen molar-refractivity contribution in [2.45, 2.75) is 16.2 Å². The highest BCUT2D eigenvalue weighted by molar-refractivity contribution is 7.99. The van der Waals surface area contributed by atoms with Crippen LogP contribution in [0.2, 0.25) is 0 Å². The molecule has 0 atom stereocenters. The van der Waals surface area contributed by atoms with Gasteiger partial charge in [-0.25, -0.2) is 4.79 Å². The minimum Gasteiger partial charge on any atom is -0.478 e. The molecule has 2 aromatic carbocycles. The van der Waals surface area contributed by atoms with E-state index in [1.807, 2.05) is 42.1 Å². The van der Waals surface area contributed by atoms with E-state index in [1.54, 1.807) is 24.0 Å². The number of pyridine rings is 1. The summed E-state index contributed by atoms with van der Waals surface area (Å²) in [6.07, 6.45) is 4.03. The van der Waals surface area contributed by atoms with E-state index < -0.39 is 5.97 Å². The van der Waals surface area contributed by atoms with Crippen molar-refractivity contribution < 1.29 is 9.90 Å². The maximum absolute atomic E-state index is 11.6. The van der Waals surface area contributed by atoms with E-state index in [0.29, 0.717) is 17.7 Å². The van der Waals surface area contributed by atoms with E-state index in [-0.39, 0.29) is 0 Å². The third-order valence-electron chi connectivity index (χ3n) is 5.10. The average Bonchev–Trinajstić information content (AvgIpc) is 3.30. The van der Waals surface area contributed by atoms with Gasteiger partial charge in [0.15, 0.2) is 0 Å². The first-order valence-electron chi connectivity index (χ1n) is 9.22. The number of carboxylic acids is 1. The van der Waals surface area contributed by atoms with Crippen LogP contribution in [0, 0.1) is 0 Å². The molecule has 5 nitrogen and oxygen atoms in total. The van der Waals surface area contributed by atoms with Crippen molar-refractivity contribution in [2.24, 2.45) is 7.05 Å². The molecule has 29 heavy (non-hydrogen) atoms. The van der Waals surface area contributed by atoms with Crippen molar-refractivity contribution in [1.82, 2.24) is 14.8 Å². The fourth-order valence-electron chi connectivity index (χ4n) is 3.81. The van der Waals surface area contributed by atoms with Gasteiger partial charge in [-0.05, 0) is 41.5 Å². The number of carbonyl (C=O) groups is 1. The number of rotatable bonds is 4. The number of aromatic nitrogens is 3. The largest absolute Gasteiger partial charge is 0.478 e. The molecule has 2 heterocycles. The highest BCUT2D eigenvalue weighted by atomic mass is 32.2. The Hall–Kier alpha value is -3.38. The lowest BCUT2D eigenvalue weighted by molar-refractivity contribution is 0.0695. The smallest absolute Gasteiger partial charge is 0.336 e. The van der Waals surface area contributed by atoms with E-state index in [1.165, 1.54) is 4.90 Å². The van der Waals surface area contributed by atoms with E-state index in [2.05, 4.69) is 29.2 Å². The summed E-state index contributed by atoms with van der Waals surface area (Å²) < 4.78 is 1.91. The van der Waals surface area contributed by atoms with Gasteiger partial charge in [-0.15, -0.1) is 0 Å². The van der Waals surface area contributed by atoms with Gasteiger partial charge in [0.2, 0.25) is 0 Å². The molecule has 142 valence electrons. The number of benzene rings is 2. The number of para-hydroxylation sites is 1. The first-order chi connectivity index (χ1) is 14.1. The highest BCUT2D eigenvalue weighted by Crippen LogP contribution is 2.39. The van der Waals surface area contributed by atoms with Crippen LogP contribution in [0.5, 0.6) is 0 Å². The van der Waals surface area contributed by atoms with Crippen LogP contribution in [0.25, 0.3) is 22.6 Å². The van der Waals surface area contributed by atoms with Gasteiger partial charge in [-0.2, -0.15) is 5.10 Å². The SMILES string of the molecule is Cn1nc(C2=Cc3nccc(C(=O)O)c3C2)c2cccc(Sc3ccccc3)c21. The molecule has 0 amide bonds. The Morgan fingerprint density at radius 3 is 2.72 bits per heavy atom. The number of fused-ring (bicyclic) bond motifs is 2. The summed E-state index contributed by atoms with van der Waals surface area (Å²) in [5.74, 6) is -0.925. The molecule has 0 saturated carbocycles. The zero-order valence-corrected chi connectivity index (χ0v) is 16.5. The lowest BCUT2D eigenvalue weighted by Gasteiger charge is -2.05. The molecule has 0 spiro atoms. The predicted octanol–water partition coefficient (Wildman–Crippen LogP) is 4.91. The Labute approximate surface area is 171 Å². The monoisotopic (exact) mass is 399 g/mol. The fraction of sp³-hybridized carbons (Fsp3) is 0.0870. The zero-order valence-electron chi connectivity index (χ0n) is 15.7. The first-order valence-corrected chi connectivity index (χ1v) is 10.0. The number of carboxylic acid groups (broad SMARTS) is 1. The Kier molecular flexibility index (Phi) is 4.21. The van der Waals surface area contributed by atoms with Crippen LogP contribution in [0.15, 0.2) is 70.6 Å². The third kappa shape index (κ3) is 3.02. The number of allylic oxidation sites excluding steroid dienone is 1. The van der Waals surface area contributed by atoms with Gasteiger partial charge < -0.3 is 5.11 Å². The van der Waals surface area contributed by atoms with Crippen LogP contribution in [0.3, 0.4) is 0 Å². The number of hydrogen-bond acceptors (Lipinski definition) is 4. The molecular weight excluding hydrogens is 382 g/mol. The quantitative estimate of drug-likeness (QED) is 0.528. The zero-order chi connectivity index (χ0) is 20.0. The van der Waals surface area contributed by atoms with Crippen LogP contribution in [-0.2, 0) is 13.5 Å². The number of aryl methyl sites for hydroxylation is 1. The number of aromatic carboxylic acids is 1. The highest BCUT2D eigenvalue weighted by Gasteiger charge is 2.25. The van der Waals surface area contributed by atoms with Crippen molar-refractivity contribution in [3.63, 3.8) is 0 Å². The lowest BCUT2D eigenvalue weighted by Crippen LogP contribution is -2.03. The summed E-state index contributed by atoms with van der Waals surface area (Å²) in [6, 6.07) is 18.0. The van der Waals surface area contributed by atoms with Crippen molar-refractivity contribution in [3.05, 3.63) is 83.3 Å². The maximum atomic E-state index is 11.6. The summed E-state index contributed by atoms with van der Waals surface area (Å²) in [5.41, 5.74) is 4.72. The van der Waals surface area contributed by atoms with Gasteiger partial charge in [0, 0.05) is 34.8 Å². The predicted molar refractivity (Wildman–Crippen MR) is 114 cm³/mol. The topological polar surface area (TPSA) is 68.0 Å². The molecule has 1 N–H and O–H groups in total. The second-order valence-corrected chi connectivity index (χ2v) is 8.03. The lowest BCUT2D eigenvalue weighted by atomic mass is 10.0. The Morgan fingerprint density at radius 1 is 1.10 bits per heavy atom. The van der Waals surface area contributed by atoms with Gasteiger partial charge in [-0.1, -0.05) is 42.1 Å². The number of hydrogen-bond donors (Lipinski definition) is 1. The molecule has 0 fully saturated rings. The molecule has 0 radical (unpaired) electrons. The second-order valence-electron chi connectivity index (χ2n) is 6.91. The summed E-state index contributed by atoms with van der Waals surface area (Å²) in [6.45, 7) is 0. The van der Waals surface area contributed by atoms with E-state index in [4.69, 9.17) is 5.10 Å². The van der Waals surface area contributed by atoms with Gasteiger partial charge in [0.25, 0.3) is 0 Å². The fourth-order valence-corrected chi connectivity index (χ4v) is 4.85. The maximum Gasteiger partial charge on any atom is 0.336 e. The molecule has 2 aromatic heterocycles. The van der Waals surface area contributed by atoms with Gasteiger partial charge in [0.1, 0.15) is 0 Å². The molecule has 5 rings (SSSR count). The summed E-state index contributed by atoms with van der Waals surface area (Å²) in [4.78, 5) is 18.2. The van der Waals surface area contributed by atoms with E-state index in [9.17, 15) is 9.90 Å². The molecule has 1 aliphatic rings. The molecule has 4 aromatic rings. The van der Waals surface area contributed by atoms with Gasteiger partial charge in [0.05, 0.1) is 22.5 Å². The third-order valence-corrected chi connectivity index (χ3v) is 6.16. The number of nitrogens with zero attached hydrogens (tertiary/aromatic N) is 3. The normalized spacial score (nSPS) is 12.8. The summed E-state index contributed by atoms with van der Waals surface area (Å²) >= 11 is 1.71. The van der Waals surface area contributed by atoms with Crippen LogP contribution >= 0.6 is 11.8 Å². The van der Waals surface area contributed by atoms with Crippen LogP contribution in [0.4, 0.5) is 0 Å². The Bertz CT molecular complexity index is 1290.